The normalized spacial score (nSPS) is 10.9. The number of fused-ring (bicyclic) bond motifs is 1. The van der Waals surface area contributed by atoms with Crippen molar-refractivity contribution in [2.75, 3.05) is 0 Å². The molecule has 0 aliphatic heterocycles. The molecule has 0 aliphatic carbocycles. The number of para-hydroxylation sites is 1. The van der Waals surface area contributed by atoms with Crippen LogP contribution in [0.2, 0.25) is 10.0 Å². The minimum absolute atomic E-state index is 0.237. The lowest BCUT2D eigenvalue weighted by Gasteiger charge is -2.02. The first-order valence-electron chi connectivity index (χ1n) is 7.33. The van der Waals surface area contributed by atoms with Crippen molar-refractivity contribution in [1.82, 2.24) is 9.99 Å². The van der Waals surface area contributed by atoms with Crippen LogP contribution in [0.15, 0.2) is 53.8 Å². The summed E-state index contributed by atoms with van der Waals surface area (Å²) in [7, 11) is 0. The Bertz CT molecular complexity index is 1020. The fourth-order valence-electron chi connectivity index (χ4n) is 2.48. The summed E-state index contributed by atoms with van der Waals surface area (Å²) in [6.45, 7) is 0.237. The maximum atomic E-state index is 12.1. The highest BCUT2D eigenvalue weighted by Gasteiger charge is 2.10. The van der Waals surface area contributed by atoms with Crippen LogP contribution in [0.25, 0.3) is 10.9 Å². The zero-order valence-electron chi connectivity index (χ0n) is 12.9. The first-order valence-corrected chi connectivity index (χ1v) is 8.09. The van der Waals surface area contributed by atoms with Crippen LogP contribution in [0.3, 0.4) is 0 Å². The monoisotopic (exact) mass is 370 g/mol. The average molecular weight is 371 g/mol. The third-order valence-electron chi connectivity index (χ3n) is 3.61. The number of nitrogens with zero attached hydrogens (tertiary/aromatic N) is 3. The highest BCUT2D eigenvalue weighted by molar-refractivity contribution is 6.36. The minimum Gasteiger partial charge on any atom is -0.333 e. The van der Waals surface area contributed by atoms with Gasteiger partial charge in [-0.05, 0) is 24.3 Å². The lowest BCUT2D eigenvalue weighted by molar-refractivity contribution is 0.0955. The zero-order chi connectivity index (χ0) is 17.8. The zero-order valence-corrected chi connectivity index (χ0v) is 14.4. The van der Waals surface area contributed by atoms with Crippen LogP contribution in [-0.4, -0.2) is 16.7 Å². The molecule has 0 unspecified atom stereocenters. The fourth-order valence-corrected chi connectivity index (χ4v) is 2.97. The summed E-state index contributed by atoms with van der Waals surface area (Å²) in [6, 6.07) is 14.4. The molecular weight excluding hydrogens is 359 g/mol. The molecule has 124 valence electrons. The van der Waals surface area contributed by atoms with Gasteiger partial charge in [0.25, 0.3) is 5.91 Å². The number of nitrogens with one attached hydrogen (secondary N) is 1. The van der Waals surface area contributed by atoms with Crippen LogP contribution < -0.4 is 5.43 Å². The topological polar surface area (TPSA) is 70.2 Å². The van der Waals surface area contributed by atoms with E-state index in [0.717, 1.165) is 16.5 Å². The number of aromatic nitrogens is 1. The summed E-state index contributed by atoms with van der Waals surface area (Å²) in [5, 5.41) is 14.6. The van der Waals surface area contributed by atoms with Crippen LogP contribution >= 0.6 is 23.2 Å². The number of hydrazone groups is 1. The van der Waals surface area contributed by atoms with E-state index in [9.17, 15) is 4.79 Å². The van der Waals surface area contributed by atoms with Gasteiger partial charge in [-0.25, -0.2) is 5.43 Å². The van der Waals surface area contributed by atoms with E-state index >= 15 is 0 Å². The number of nitriles is 1. The molecule has 1 N–H and O–H groups in total. The van der Waals surface area contributed by atoms with Crippen molar-refractivity contribution in [3.8, 4) is 6.07 Å². The van der Waals surface area contributed by atoms with Crippen molar-refractivity contribution in [3.05, 3.63) is 69.8 Å². The maximum absolute atomic E-state index is 12.1. The van der Waals surface area contributed by atoms with Crippen molar-refractivity contribution in [1.29, 1.82) is 5.26 Å². The van der Waals surface area contributed by atoms with Crippen LogP contribution in [-0.2, 0) is 6.54 Å². The molecule has 3 aromatic rings. The van der Waals surface area contributed by atoms with Gasteiger partial charge < -0.3 is 4.57 Å². The quantitative estimate of drug-likeness (QED) is 0.551. The molecule has 0 bridgehead atoms. The second kappa shape index (κ2) is 7.39. The number of rotatable bonds is 4. The molecule has 1 heterocycles. The Kier molecular flexibility index (Phi) is 5.03. The Morgan fingerprint density at radius 2 is 2.08 bits per heavy atom. The van der Waals surface area contributed by atoms with Gasteiger partial charge in [0.15, 0.2) is 0 Å². The molecule has 2 aromatic carbocycles. The van der Waals surface area contributed by atoms with Crippen molar-refractivity contribution >= 4 is 46.2 Å². The largest absolute Gasteiger partial charge is 0.333 e. The van der Waals surface area contributed by atoms with Crippen molar-refractivity contribution in [2.24, 2.45) is 5.10 Å². The Labute approximate surface area is 154 Å². The van der Waals surface area contributed by atoms with Crippen molar-refractivity contribution in [3.63, 3.8) is 0 Å². The SMILES string of the molecule is N#CCn1cc(/C=N\NC(=O)c2ccc(Cl)cc2Cl)c2ccccc21. The van der Waals surface area contributed by atoms with Gasteiger partial charge in [-0.3, -0.25) is 4.79 Å². The average Bonchev–Trinajstić information content (AvgIpc) is 2.93. The molecule has 5 nitrogen and oxygen atoms in total. The van der Waals surface area contributed by atoms with E-state index in [4.69, 9.17) is 28.5 Å². The van der Waals surface area contributed by atoms with Gasteiger partial charge in [0.1, 0.15) is 6.54 Å². The van der Waals surface area contributed by atoms with E-state index in [0.29, 0.717) is 5.02 Å². The second-order valence-corrected chi connectivity index (χ2v) is 6.05. The molecular formula is C18H12Cl2N4O. The summed E-state index contributed by atoms with van der Waals surface area (Å²) >= 11 is 11.8. The fraction of sp³-hybridized carbons (Fsp3) is 0.0556. The summed E-state index contributed by atoms with van der Waals surface area (Å²) in [5.41, 5.74) is 4.46. The molecule has 7 heteroatoms. The van der Waals surface area contributed by atoms with E-state index in [2.05, 4.69) is 16.6 Å². The Morgan fingerprint density at radius 3 is 2.84 bits per heavy atom. The molecule has 3 rings (SSSR count). The number of hydrogen-bond donors (Lipinski definition) is 1. The minimum atomic E-state index is -0.432. The van der Waals surface area contributed by atoms with E-state index in [-0.39, 0.29) is 17.1 Å². The molecule has 0 radical (unpaired) electrons. The molecule has 0 fully saturated rings. The van der Waals surface area contributed by atoms with Crippen LogP contribution in [0.4, 0.5) is 0 Å². The molecule has 0 spiro atoms. The molecule has 1 aromatic heterocycles. The highest BCUT2D eigenvalue weighted by Crippen LogP contribution is 2.21. The Morgan fingerprint density at radius 1 is 1.28 bits per heavy atom. The number of carbonyl (C=O) groups is 1. The summed E-state index contributed by atoms with van der Waals surface area (Å²) in [4.78, 5) is 12.1. The van der Waals surface area contributed by atoms with Gasteiger partial charge >= 0.3 is 0 Å². The number of carbonyl (C=O) groups excluding carboxylic acids is 1. The molecule has 25 heavy (non-hydrogen) atoms. The molecule has 0 saturated heterocycles. The van der Waals surface area contributed by atoms with Crippen molar-refractivity contribution in [2.45, 2.75) is 6.54 Å². The summed E-state index contributed by atoms with van der Waals surface area (Å²) in [6.07, 6.45) is 3.36. The smallest absolute Gasteiger partial charge is 0.272 e. The summed E-state index contributed by atoms with van der Waals surface area (Å²) < 4.78 is 1.83. The molecule has 0 aliphatic rings. The van der Waals surface area contributed by atoms with Crippen LogP contribution in [0, 0.1) is 11.3 Å². The number of amides is 1. The first kappa shape index (κ1) is 17.0. The van der Waals surface area contributed by atoms with E-state index < -0.39 is 5.91 Å². The predicted molar refractivity (Wildman–Crippen MR) is 99.1 cm³/mol. The standard InChI is InChI=1S/C18H12Cl2N4O/c19-13-5-6-15(16(20)9-13)18(25)23-22-10-12-11-24(8-7-21)17-4-2-1-3-14(12)17/h1-6,9-11H,8H2,(H,23,25)/b22-10-. The van der Waals surface area contributed by atoms with Crippen LogP contribution in [0.1, 0.15) is 15.9 Å². The van der Waals surface area contributed by atoms with Gasteiger partial charge in [-0.1, -0.05) is 41.4 Å². The van der Waals surface area contributed by atoms with Gasteiger partial charge in [0, 0.05) is 27.7 Å². The molecule has 1 amide bonds. The Balaban J connectivity index is 1.82. The lowest BCUT2D eigenvalue weighted by atomic mass is 10.2. The number of benzene rings is 2. The third-order valence-corrected chi connectivity index (χ3v) is 4.15. The van der Waals surface area contributed by atoms with E-state index in [1.165, 1.54) is 18.3 Å². The summed E-state index contributed by atoms with van der Waals surface area (Å²) in [5.74, 6) is -0.432. The van der Waals surface area contributed by atoms with Gasteiger partial charge in [0.2, 0.25) is 0 Å². The molecule has 0 atom stereocenters. The number of hydrogen-bond acceptors (Lipinski definition) is 3. The van der Waals surface area contributed by atoms with E-state index in [1.54, 1.807) is 6.07 Å². The highest BCUT2D eigenvalue weighted by atomic mass is 35.5. The third kappa shape index (κ3) is 3.66. The van der Waals surface area contributed by atoms with Gasteiger partial charge in [0.05, 0.1) is 22.9 Å². The maximum Gasteiger partial charge on any atom is 0.272 e. The second-order valence-electron chi connectivity index (χ2n) is 5.21. The number of halogens is 2. The van der Waals surface area contributed by atoms with Gasteiger partial charge in [-0.2, -0.15) is 10.4 Å². The van der Waals surface area contributed by atoms with Gasteiger partial charge in [-0.15, -0.1) is 0 Å². The van der Waals surface area contributed by atoms with Crippen molar-refractivity contribution < 1.29 is 4.79 Å². The lowest BCUT2D eigenvalue weighted by Crippen LogP contribution is -2.18. The first-order chi connectivity index (χ1) is 12.1. The Hall–Kier alpha value is -2.81. The van der Waals surface area contributed by atoms with Crippen LogP contribution in [0.5, 0.6) is 0 Å². The molecule has 0 saturated carbocycles. The van der Waals surface area contributed by atoms with E-state index in [1.807, 2.05) is 35.0 Å². The predicted octanol–water partition coefficient (Wildman–Crippen LogP) is 4.24.